The molecule has 2 aromatic rings. The molecule has 0 aliphatic carbocycles. The number of nitrogens with zero attached hydrogens (tertiary/aromatic N) is 1. The van der Waals surface area contributed by atoms with Crippen molar-refractivity contribution >= 4 is 11.8 Å². The average molecular weight is 600 g/mol. The van der Waals surface area contributed by atoms with Crippen LogP contribution in [-0.4, -0.2) is 71.9 Å². The lowest BCUT2D eigenvalue weighted by Crippen LogP contribution is -2.57. The fourth-order valence-corrected chi connectivity index (χ4v) is 6.37. The van der Waals surface area contributed by atoms with Crippen LogP contribution in [0, 0.1) is 17.6 Å². The molecular formula is C34H47F2N3O4. The molecule has 4 rings (SSSR count). The van der Waals surface area contributed by atoms with Crippen LogP contribution in [0.4, 0.5) is 8.78 Å². The summed E-state index contributed by atoms with van der Waals surface area (Å²) in [6.45, 7) is 5.82. The first kappa shape index (κ1) is 33.0. The Balaban J connectivity index is 1.55. The summed E-state index contributed by atoms with van der Waals surface area (Å²) in [5, 5.41) is 17.9. The van der Waals surface area contributed by atoms with Gasteiger partial charge in [0.2, 0.25) is 11.8 Å². The molecule has 0 aromatic heterocycles. The van der Waals surface area contributed by atoms with Crippen LogP contribution >= 0.6 is 0 Å². The Hall–Kier alpha value is -2.88. The first-order valence-electron chi connectivity index (χ1n) is 15.9. The molecule has 2 aromatic carbocycles. The molecule has 0 saturated carbocycles. The molecule has 2 heterocycles. The number of carbonyl (C=O) groups excluding carboxylic acids is 2. The van der Waals surface area contributed by atoms with Crippen molar-refractivity contribution in [3.8, 4) is 0 Å². The molecule has 9 heteroatoms. The Morgan fingerprint density at radius 1 is 1.12 bits per heavy atom. The van der Waals surface area contributed by atoms with Gasteiger partial charge in [-0.3, -0.25) is 9.59 Å². The second-order valence-corrected chi connectivity index (χ2v) is 12.0. The zero-order valence-electron chi connectivity index (χ0n) is 25.4. The summed E-state index contributed by atoms with van der Waals surface area (Å²) in [7, 11) is 0. The van der Waals surface area contributed by atoms with E-state index >= 15 is 0 Å². The topological polar surface area (TPSA) is 90.9 Å². The zero-order chi connectivity index (χ0) is 30.8. The molecule has 2 amide bonds. The third-order valence-corrected chi connectivity index (χ3v) is 8.70. The highest BCUT2D eigenvalue weighted by Crippen LogP contribution is 2.27. The second kappa shape index (κ2) is 16.3. The molecule has 3 N–H and O–H groups in total. The molecule has 2 aliphatic heterocycles. The van der Waals surface area contributed by atoms with Crippen molar-refractivity contribution in [1.29, 1.82) is 0 Å². The Morgan fingerprint density at radius 3 is 2.56 bits per heavy atom. The Morgan fingerprint density at radius 2 is 1.86 bits per heavy atom. The third-order valence-electron chi connectivity index (χ3n) is 8.70. The number of unbranched alkanes of at least 4 members (excludes halogenated alkanes) is 1. The summed E-state index contributed by atoms with van der Waals surface area (Å²) < 4.78 is 34.1. The smallest absolute Gasteiger partial charge is 0.243 e. The molecule has 7 nitrogen and oxygen atoms in total. The van der Waals surface area contributed by atoms with Crippen LogP contribution in [0.5, 0.6) is 0 Å². The lowest BCUT2D eigenvalue weighted by molar-refractivity contribution is -0.140. The number of aliphatic hydroxyl groups is 1. The van der Waals surface area contributed by atoms with Crippen LogP contribution in [0.1, 0.15) is 69.9 Å². The number of carbonyl (C=O) groups is 2. The highest BCUT2D eigenvalue weighted by atomic mass is 19.1. The summed E-state index contributed by atoms with van der Waals surface area (Å²) in [5.41, 5.74) is 1.39. The van der Waals surface area contributed by atoms with E-state index in [1.807, 2.05) is 37.3 Å². The number of aliphatic hydroxyl groups excluding tert-OH is 1. The molecule has 2 saturated heterocycles. The molecule has 2 aliphatic rings. The van der Waals surface area contributed by atoms with Crippen LogP contribution < -0.4 is 10.6 Å². The summed E-state index contributed by atoms with van der Waals surface area (Å²) in [4.78, 5) is 29.2. The van der Waals surface area contributed by atoms with Gasteiger partial charge in [-0.2, -0.15) is 0 Å². The van der Waals surface area contributed by atoms with Crippen LogP contribution in [0.3, 0.4) is 0 Å². The maximum absolute atomic E-state index is 14.1. The van der Waals surface area contributed by atoms with Gasteiger partial charge in [-0.15, -0.1) is 0 Å². The Labute approximate surface area is 254 Å². The zero-order valence-corrected chi connectivity index (χ0v) is 25.4. The van der Waals surface area contributed by atoms with Crippen LogP contribution in [-0.2, 0) is 27.2 Å². The van der Waals surface area contributed by atoms with Crippen LogP contribution in [0.2, 0.25) is 0 Å². The fraction of sp³-hybridized carbons (Fsp3) is 0.588. The number of likely N-dealkylation sites (tertiary alicyclic amines) is 1. The van der Waals surface area contributed by atoms with Gasteiger partial charge in [0.25, 0.3) is 0 Å². The van der Waals surface area contributed by atoms with Crippen molar-refractivity contribution in [3.05, 3.63) is 71.3 Å². The van der Waals surface area contributed by atoms with Gasteiger partial charge in [-0.25, -0.2) is 8.78 Å². The quantitative estimate of drug-likeness (QED) is 0.264. The minimum Gasteiger partial charge on any atom is -0.389 e. The van der Waals surface area contributed by atoms with Crippen molar-refractivity contribution < 1.29 is 28.2 Å². The lowest BCUT2D eigenvalue weighted by Gasteiger charge is -2.33. The van der Waals surface area contributed by atoms with Gasteiger partial charge >= 0.3 is 0 Å². The predicted molar refractivity (Wildman–Crippen MR) is 162 cm³/mol. The van der Waals surface area contributed by atoms with Gasteiger partial charge in [-0.1, -0.05) is 57.0 Å². The van der Waals surface area contributed by atoms with E-state index in [1.54, 1.807) is 4.90 Å². The SMILES string of the molecule is CCCC[C@H]1CCN([C@@H](CCc2ccccc2)C(=O)NC(Cc2cc(F)cc(F)c2)[C@H](O)[C@H]2CC(OCCC)CN2)C1=O. The van der Waals surface area contributed by atoms with Gasteiger partial charge in [0.05, 0.1) is 18.2 Å². The molecule has 236 valence electrons. The van der Waals surface area contributed by atoms with E-state index in [4.69, 9.17) is 4.74 Å². The van der Waals surface area contributed by atoms with E-state index in [-0.39, 0.29) is 36.3 Å². The average Bonchev–Trinajstić information content (AvgIpc) is 3.61. The van der Waals surface area contributed by atoms with E-state index in [0.29, 0.717) is 50.9 Å². The number of ether oxygens (including phenoxy) is 1. The fourth-order valence-electron chi connectivity index (χ4n) is 6.37. The number of rotatable bonds is 16. The van der Waals surface area contributed by atoms with Crippen molar-refractivity contribution in [3.63, 3.8) is 0 Å². The number of halogens is 2. The Bertz CT molecular complexity index is 1160. The van der Waals surface area contributed by atoms with E-state index in [0.717, 1.165) is 37.3 Å². The molecule has 2 unspecified atom stereocenters. The summed E-state index contributed by atoms with van der Waals surface area (Å²) in [5.74, 6) is -1.89. The first-order valence-corrected chi connectivity index (χ1v) is 15.9. The minimum absolute atomic E-state index is 0.000615. The number of hydrogen-bond donors (Lipinski definition) is 3. The molecule has 0 radical (unpaired) electrons. The van der Waals surface area contributed by atoms with Crippen molar-refractivity contribution in [2.75, 3.05) is 19.7 Å². The molecule has 6 atom stereocenters. The summed E-state index contributed by atoms with van der Waals surface area (Å²) in [6, 6.07) is 11.1. The van der Waals surface area contributed by atoms with E-state index in [2.05, 4.69) is 17.6 Å². The maximum atomic E-state index is 14.1. The molecule has 0 bridgehead atoms. The third kappa shape index (κ3) is 9.30. The monoisotopic (exact) mass is 599 g/mol. The van der Waals surface area contributed by atoms with E-state index in [9.17, 15) is 23.5 Å². The normalized spacial score (nSPS) is 22.5. The summed E-state index contributed by atoms with van der Waals surface area (Å²) >= 11 is 0. The number of aryl methyl sites for hydroxylation is 1. The number of benzene rings is 2. The highest BCUT2D eigenvalue weighted by molar-refractivity contribution is 5.89. The molecule has 43 heavy (non-hydrogen) atoms. The van der Waals surface area contributed by atoms with E-state index < -0.39 is 29.8 Å². The van der Waals surface area contributed by atoms with Gasteiger partial charge in [0.15, 0.2) is 0 Å². The number of amides is 2. The van der Waals surface area contributed by atoms with Crippen molar-refractivity contribution in [2.24, 2.45) is 5.92 Å². The molecular weight excluding hydrogens is 552 g/mol. The molecule has 2 fully saturated rings. The van der Waals surface area contributed by atoms with Crippen LogP contribution in [0.15, 0.2) is 48.5 Å². The maximum Gasteiger partial charge on any atom is 0.243 e. The van der Waals surface area contributed by atoms with E-state index in [1.165, 1.54) is 12.1 Å². The van der Waals surface area contributed by atoms with Gasteiger partial charge in [0.1, 0.15) is 17.7 Å². The van der Waals surface area contributed by atoms with Crippen LogP contribution in [0.25, 0.3) is 0 Å². The lowest BCUT2D eigenvalue weighted by atomic mass is 9.94. The summed E-state index contributed by atoms with van der Waals surface area (Å²) in [6.07, 6.45) is 4.85. The van der Waals surface area contributed by atoms with Crippen molar-refractivity contribution in [1.82, 2.24) is 15.5 Å². The minimum atomic E-state index is -1.05. The largest absolute Gasteiger partial charge is 0.389 e. The standard InChI is InChI=1S/C34H47F2N3O4/c1-3-5-11-25-14-15-39(34(25)42)31(13-12-23-9-7-6-8-10-23)33(41)38-30(19-24-17-26(35)20-27(36)18-24)32(40)29-21-28(22-37-29)43-16-4-2/h6-10,17-18,20,25,28-32,37,40H,3-5,11-16,19,21-22H2,1-2H3,(H,38,41)/t25-,28?,29+,30?,31-,32+/m0/s1. The van der Waals surface area contributed by atoms with Gasteiger partial charge in [-0.05, 0) is 68.2 Å². The Kier molecular flexibility index (Phi) is 12.5. The first-order chi connectivity index (χ1) is 20.8. The predicted octanol–water partition coefficient (Wildman–Crippen LogP) is 4.55. The van der Waals surface area contributed by atoms with Gasteiger partial charge < -0.3 is 25.4 Å². The van der Waals surface area contributed by atoms with Crippen molar-refractivity contribution in [2.45, 2.75) is 102 Å². The van der Waals surface area contributed by atoms with Gasteiger partial charge in [0, 0.05) is 37.7 Å². The number of hydrogen-bond acceptors (Lipinski definition) is 5. The highest BCUT2D eigenvalue weighted by Gasteiger charge is 2.40. The second-order valence-electron chi connectivity index (χ2n) is 12.0. The number of nitrogens with one attached hydrogen (secondary N) is 2. The molecule has 0 spiro atoms.